The Kier molecular flexibility index (Phi) is 5.87. The lowest BCUT2D eigenvalue weighted by molar-refractivity contribution is 0.0695. The maximum absolute atomic E-state index is 12.8. The molecule has 0 bridgehead atoms. The Bertz CT molecular complexity index is 1060. The van der Waals surface area contributed by atoms with Crippen molar-refractivity contribution in [3.05, 3.63) is 77.1 Å². The van der Waals surface area contributed by atoms with E-state index in [4.69, 9.17) is 0 Å². The molecular formula is C24H26N2O3. The van der Waals surface area contributed by atoms with Gasteiger partial charge in [0.15, 0.2) is 0 Å². The van der Waals surface area contributed by atoms with Crippen LogP contribution < -0.4 is 0 Å². The number of nitrogens with zero attached hydrogens (tertiary/aromatic N) is 2. The second kappa shape index (κ2) is 8.35. The maximum Gasteiger partial charge on any atom is 0.337 e. The van der Waals surface area contributed by atoms with Gasteiger partial charge in [-0.15, -0.1) is 0 Å². The van der Waals surface area contributed by atoms with E-state index in [2.05, 4.69) is 0 Å². The largest absolute Gasteiger partial charge is 0.478 e. The molecule has 0 aliphatic carbocycles. The van der Waals surface area contributed by atoms with Crippen molar-refractivity contribution in [3.8, 4) is 16.8 Å². The summed E-state index contributed by atoms with van der Waals surface area (Å²) >= 11 is 0. The first-order valence-electron chi connectivity index (χ1n) is 9.80. The van der Waals surface area contributed by atoms with Crippen LogP contribution in [-0.4, -0.2) is 39.5 Å². The predicted molar refractivity (Wildman–Crippen MR) is 115 cm³/mol. The minimum atomic E-state index is -0.936. The van der Waals surface area contributed by atoms with Crippen LogP contribution in [0.4, 0.5) is 0 Å². The van der Waals surface area contributed by atoms with Gasteiger partial charge in [0.2, 0.25) is 0 Å². The second-order valence-electron chi connectivity index (χ2n) is 7.00. The molecule has 0 saturated heterocycles. The van der Waals surface area contributed by atoms with Crippen LogP contribution in [0.15, 0.2) is 54.6 Å². The smallest absolute Gasteiger partial charge is 0.337 e. The van der Waals surface area contributed by atoms with Gasteiger partial charge in [-0.1, -0.05) is 30.3 Å². The van der Waals surface area contributed by atoms with Crippen LogP contribution in [0.5, 0.6) is 0 Å². The fourth-order valence-electron chi connectivity index (χ4n) is 3.78. The lowest BCUT2D eigenvalue weighted by Gasteiger charge is -2.19. The molecule has 0 unspecified atom stereocenters. The molecule has 0 spiro atoms. The summed E-state index contributed by atoms with van der Waals surface area (Å²) in [5, 5.41) is 9.48. The first-order chi connectivity index (χ1) is 13.9. The van der Waals surface area contributed by atoms with Crippen LogP contribution in [-0.2, 0) is 0 Å². The van der Waals surface area contributed by atoms with Crippen molar-refractivity contribution in [1.82, 2.24) is 9.47 Å². The molecule has 0 aliphatic heterocycles. The molecule has 3 rings (SSSR count). The quantitative estimate of drug-likeness (QED) is 0.648. The number of carboxylic acids is 1. The molecule has 0 saturated carbocycles. The zero-order valence-electron chi connectivity index (χ0n) is 17.3. The van der Waals surface area contributed by atoms with Crippen LogP contribution in [0, 0.1) is 13.8 Å². The Hall–Kier alpha value is -3.34. The molecule has 1 amide bonds. The van der Waals surface area contributed by atoms with E-state index in [9.17, 15) is 14.7 Å². The summed E-state index contributed by atoms with van der Waals surface area (Å²) < 4.78 is 1.96. The number of para-hydroxylation sites is 1. The molecule has 3 aromatic rings. The highest BCUT2D eigenvalue weighted by Crippen LogP contribution is 2.31. The molecule has 1 heterocycles. The van der Waals surface area contributed by atoms with E-state index >= 15 is 0 Å². The first-order valence-corrected chi connectivity index (χ1v) is 9.80. The summed E-state index contributed by atoms with van der Waals surface area (Å²) in [6.45, 7) is 8.98. The summed E-state index contributed by atoms with van der Waals surface area (Å²) in [5.41, 5.74) is 5.22. The highest BCUT2D eigenvalue weighted by Gasteiger charge is 2.19. The molecule has 29 heavy (non-hydrogen) atoms. The Morgan fingerprint density at radius 1 is 0.966 bits per heavy atom. The number of rotatable bonds is 6. The Balaban J connectivity index is 2.13. The van der Waals surface area contributed by atoms with Crippen molar-refractivity contribution < 1.29 is 14.7 Å². The van der Waals surface area contributed by atoms with Crippen molar-refractivity contribution in [2.75, 3.05) is 13.1 Å². The predicted octanol–water partition coefficient (Wildman–Crippen LogP) is 4.94. The van der Waals surface area contributed by atoms with E-state index in [1.807, 2.05) is 80.8 Å². The van der Waals surface area contributed by atoms with Crippen LogP contribution in [0.25, 0.3) is 16.8 Å². The average Bonchev–Trinajstić information content (AvgIpc) is 3.03. The van der Waals surface area contributed by atoms with Gasteiger partial charge in [-0.2, -0.15) is 0 Å². The van der Waals surface area contributed by atoms with Gasteiger partial charge < -0.3 is 14.6 Å². The number of aromatic nitrogens is 1. The Labute approximate surface area is 171 Å². The number of carbonyl (C=O) groups excluding carboxylic acids is 1. The third-order valence-corrected chi connectivity index (χ3v) is 5.28. The van der Waals surface area contributed by atoms with Gasteiger partial charge in [-0.05, 0) is 57.5 Å². The van der Waals surface area contributed by atoms with Gasteiger partial charge in [-0.25, -0.2) is 4.79 Å². The van der Waals surface area contributed by atoms with E-state index in [1.165, 1.54) is 0 Å². The van der Waals surface area contributed by atoms with Gasteiger partial charge in [0.1, 0.15) is 0 Å². The molecule has 1 N–H and O–H groups in total. The highest BCUT2D eigenvalue weighted by molar-refractivity contribution is 5.96. The fourth-order valence-corrected chi connectivity index (χ4v) is 3.78. The average molecular weight is 390 g/mol. The molecule has 2 aromatic carbocycles. The normalized spacial score (nSPS) is 10.8. The Morgan fingerprint density at radius 3 is 2.28 bits per heavy atom. The second-order valence-corrected chi connectivity index (χ2v) is 7.00. The summed E-state index contributed by atoms with van der Waals surface area (Å²) in [5.74, 6) is -0.926. The molecule has 5 heteroatoms. The van der Waals surface area contributed by atoms with Gasteiger partial charge in [0, 0.05) is 35.6 Å². The maximum atomic E-state index is 12.8. The zero-order valence-corrected chi connectivity index (χ0v) is 17.3. The minimum absolute atomic E-state index is 0.0100. The number of benzene rings is 2. The van der Waals surface area contributed by atoms with Crippen LogP contribution >= 0.6 is 0 Å². The third-order valence-electron chi connectivity index (χ3n) is 5.28. The summed E-state index contributed by atoms with van der Waals surface area (Å²) in [6.07, 6.45) is 0. The number of aryl methyl sites for hydroxylation is 1. The van der Waals surface area contributed by atoms with Crippen molar-refractivity contribution >= 4 is 11.9 Å². The Morgan fingerprint density at radius 2 is 1.66 bits per heavy atom. The van der Waals surface area contributed by atoms with Crippen molar-refractivity contribution in [2.45, 2.75) is 27.7 Å². The highest BCUT2D eigenvalue weighted by atomic mass is 16.4. The number of amides is 1. The molecule has 0 fully saturated rings. The van der Waals surface area contributed by atoms with Crippen molar-refractivity contribution in [3.63, 3.8) is 0 Å². The van der Waals surface area contributed by atoms with E-state index in [0.717, 1.165) is 22.5 Å². The molecule has 150 valence electrons. The van der Waals surface area contributed by atoms with E-state index in [-0.39, 0.29) is 5.91 Å². The summed E-state index contributed by atoms with van der Waals surface area (Å²) in [6, 6.07) is 17.1. The standard InChI is InChI=1S/C24H26N2O3/c1-5-25(6-2)23(27)19-11-9-10-18(15-19)20-12-7-8-13-22(20)26-16(3)14-21(17(26)4)24(28)29/h7-15H,5-6H2,1-4H3,(H,28,29). The minimum Gasteiger partial charge on any atom is -0.478 e. The molecular weight excluding hydrogens is 364 g/mol. The van der Waals surface area contributed by atoms with Crippen molar-refractivity contribution in [2.24, 2.45) is 0 Å². The number of carboxylic acid groups (broad SMARTS) is 1. The van der Waals surface area contributed by atoms with Gasteiger partial charge in [0.25, 0.3) is 5.91 Å². The summed E-state index contributed by atoms with van der Waals surface area (Å²) in [7, 11) is 0. The van der Waals surface area contributed by atoms with Gasteiger partial charge in [0.05, 0.1) is 11.3 Å². The number of aromatic carboxylic acids is 1. The number of carbonyl (C=O) groups is 2. The molecule has 0 atom stereocenters. The molecule has 5 nitrogen and oxygen atoms in total. The van der Waals surface area contributed by atoms with Gasteiger partial charge >= 0.3 is 5.97 Å². The van der Waals surface area contributed by atoms with Crippen LogP contribution in [0.1, 0.15) is 46.0 Å². The number of hydrogen-bond donors (Lipinski definition) is 1. The lowest BCUT2D eigenvalue weighted by Crippen LogP contribution is -2.30. The molecule has 0 aliphatic rings. The van der Waals surface area contributed by atoms with E-state index in [0.29, 0.717) is 29.9 Å². The SMILES string of the molecule is CCN(CC)C(=O)c1cccc(-c2ccccc2-n2c(C)cc(C(=O)O)c2C)c1. The molecule has 1 aromatic heterocycles. The van der Waals surface area contributed by atoms with E-state index in [1.54, 1.807) is 11.0 Å². The molecule has 0 radical (unpaired) electrons. The van der Waals surface area contributed by atoms with Crippen LogP contribution in [0.2, 0.25) is 0 Å². The first kappa shape index (κ1) is 20.4. The topological polar surface area (TPSA) is 62.5 Å². The van der Waals surface area contributed by atoms with Gasteiger partial charge in [-0.3, -0.25) is 4.79 Å². The lowest BCUT2D eigenvalue weighted by atomic mass is 10.0. The monoisotopic (exact) mass is 390 g/mol. The third kappa shape index (κ3) is 3.81. The summed E-state index contributed by atoms with van der Waals surface area (Å²) in [4.78, 5) is 26.1. The number of hydrogen-bond acceptors (Lipinski definition) is 2. The zero-order chi connectivity index (χ0) is 21.1. The van der Waals surface area contributed by atoms with Crippen LogP contribution in [0.3, 0.4) is 0 Å². The van der Waals surface area contributed by atoms with E-state index < -0.39 is 5.97 Å². The fraction of sp³-hybridized carbons (Fsp3) is 0.250. The van der Waals surface area contributed by atoms with Crippen molar-refractivity contribution in [1.29, 1.82) is 0 Å².